The molecule has 0 radical (unpaired) electrons. The minimum Gasteiger partial charge on any atom is -0.507 e. The Bertz CT molecular complexity index is 1040. The summed E-state index contributed by atoms with van der Waals surface area (Å²) >= 11 is 0. The molecule has 2 aliphatic heterocycles. The van der Waals surface area contributed by atoms with Crippen LogP contribution in [0.1, 0.15) is 30.0 Å². The Kier molecular flexibility index (Phi) is 5.65. The molecular formula is C23H22FNO6. The second kappa shape index (κ2) is 8.39. The van der Waals surface area contributed by atoms with Crippen LogP contribution in [0.3, 0.4) is 0 Å². The molecule has 4 rings (SSSR count). The molecule has 2 aromatic carbocycles. The lowest BCUT2D eigenvalue weighted by molar-refractivity contribution is -0.140. The van der Waals surface area contributed by atoms with Crippen molar-refractivity contribution >= 4 is 17.4 Å². The molecule has 2 atom stereocenters. The highest BCUT2D eigenvalue weighted by Crippen LogP contribution is 2.42. The Hall–Kier alpha value is -3.39. The van der Waals surface area contributed by atoms with Crippen molar-refractivity contribution in [2.75, 3.05) is 20.3 Å². The minimum atomic E-state index is -0.913. The summed E-state index contributed by atoms with van der Waals surface area (Å²) in [5.41, 5.74) is 0.588. The molecule has 2 aromatic rings. The number of hydrogen-bond acceptors (Lipinski definition) is 6. The number of methoxy groups -OCH3 is 1. The number of likely N-dealkylation sites (tertiary alicyclic amines) is 1. The molecule has 0 saturated carbocycles. The van der Waals surface area contributed by atoms with E-state index in [1.54, 1.807) is 6.07 Å². The molecule has 31 heavy (non-hydrogen) atoms. The molecular weight excluding hydrogens is 405 g/mol. The van der Waals surface area contributed by atoms with Crippen LogP contribution in [0.5, 0.6) is 11.5 Å². The molecule has 2 aliphatic rings. The SMILES string of the molecule is COc1cc([C@@H]2C(=C(O)c3ccc(F)cc3)C(=O)C(=O)N2C[C@@H]2CCCO2)ccc1O. The summed E-state index contributed by atoms with van der Waals surface area (Å²) in [6, 6.07) is 8.58. The average Bonchev–Trinajstić information content (AvgIpc) is 3.37. The standard InChI is InChI=1S/C23H22FNO6/c1-30-18-11-14(6-9-17(18)26)20-19(21(27)13-4-7-15(24)8-5-13)22(28)23(29)25(20)12-16-3-2-10-31-16/h4-9,11,16,20,26-27H,2-3,10,12H2,1H3/t16-,20+/m0/s1. The zero-order chi connectivity index (χ0) is 22.1. The van der Waals surface area contributed by atoms with E-state index in [0.29, 0.717) is 12.2 Å². The first kappa shape index (κ1) is 20.9. The maximum Gasteiger partial charge on any atom is 0.295 e. The van der Waals surface area contributed by atoms with E-state index in [0.717, 1.165) is 25.0 Å². The van der Waals surface area contributed by atoms with Gasteiger partial charge in [-0.15, -0.1) is 0 Å². The van der Waals surface area contributed by atoms with E-state index in [1.807, 2.05) is 0 Å². The normalized spacial score (nSPS) is 22.8. The van der Waals surface area contributed by atoms with Gasteiger partial charge in [-0.1, -0.05) is 6.07 Å². The number of phenols is 1. The maximum atomic E-state index is 13.3. The molecule has 2 saturated heterocycles. The number of benzene rings is 2. The number of ether oxygens (including phenoxy) is 2. The molecule has 1 amide bonds. The third-order valence-corrected chi connectivity index (χ3v) is 5.60. The highest BCUT2D eigenvalue weighted by molar-refractivity contribution is 6.46. The molecule has 2 heterocycles. The molecule has 7 nitrogen and oxygen atoms in total. The Morgan fingerprint density at radius 1 is 1.23 bits per heavy atom. The van der Waals surface area contributed by atoms with Crippen molar-refractivity contribution in [3.05, 3.63) is 65.0 Å². The van der Waals surface area contributed by atoms with Gasteiger partial charge in [0.25, 0.3) is 11.7 Å². The molecule has 2 N–H and O–H groups in total. The molecule has 162 valence electrons. The summed E-state index contributed by atoms with van der Waals surface area (Å²) in [5, 5.41) is 20.9. The minimum absolute atomic E-state index is 0.0964. The van der Waals surface area contributed by atoms with Crippen LogP contribution in [-0.4, -0.2) is 53.2 Å². The fraction of sp³-hybridized carbons (Fsp3) is 0.304. The summed E-state index contributed by atoms with van der Waals surface area (Å²) in [7, 11) is 1.39. The molecule has 0 aliphatic carbocycles. The number of Topliss-reactive ketones (excluding diaryl/α,β-unsaturated/α-hetero) is 1. The summed E-state index contributed by atoms with van der Waals surface area (Å²) in [5.74, 6) is -2.41. The van der Waals surface area contributed by atoms with Gasteiger partial charge >= 0.3 is 0 Å². The van der Waals surface area contributed by atoms with E-state index in [2.05, 4.69) is 0 Å². The van der Waals surface area contributed by atoms with Gasteiger partial charge in [0.1, 0.15) is 11.6 Å². The monoisotopic (exact) mass is 427 g/mol. The van der Waals surface area contributed by atoms with E-state index < -0.39 is 29.3 Å². The molecule has 0 spiro atoms. The van der Waals surface area contributed by atoms with Crippen LogP contribution in [0, 0.1) is 5.82 Å². The van der Waals surface area contributed by atoms with Gasteiger partial charge in [-0.05, 0) is 54.8 Å². The first-order valence-corrected chi connectivity index (χ1v) is 9.93. The van der Waals surface area contributed by atoms with E-state index in [4.69, 9.17) is 9.47 Å². The van der Waals surface area contributed by atoms with Gasteiger partial charge in [0.15, 0.2) is 11.5 Å². The van der Waals surface area contributed by atoms with Crippen LogP contribution in [0.15, 0.2) is 48.0 Å². The Labute approximate surface area is 178 Å². The van der Waals surface area contributed by atoms with Crippen molar-refractivity contribution in [1.29, 1.82) is 0 Å². The highest BCUT2D eigenvalue weighted by atomic mass is 19.1. The van der Waals surface area contributed by atoms with E-state index in [9.17, 15) is 24.2 Å². The number of aromatic hydroxyl groups is 1. The maximum absolute atomic E-state index is 13.3. The first-order chi connectivity index (χ1) is 14.9. The highest BCUT2D eigenvalue weighted by Gasteiger charge is 2.47. The second-order valence-corrected chi connectivity index (χ2v) is 7.52. The van der Waals surface area contributed by atoms with E-state index >= 15 is 0 Å². The number of amides is 1. The van der Waals surface area contributed by atoms with Crippen LogP contribution >= 0.6 is 0 Å². The van der Waals surface area contributed by atoms with Gasteiger partial charge in [-0.3, -0.25) is 9.59 Å². The van der Waals surface area contributed by atoms with E-state index in [1.165, 1.54) is 36.3 Å². The number of carbonyl (C=O) groups is 2. The van der Waals surface area contributed by atoms with Gasteiger partial charge < -0.3 is 24.6 Å². The van der Waals surface area contributed by atoms with Crippen LogP contribution < -0.4 is 4.74 Å². The predicted octanol–water partition coefficient (Wildman–Crippen LogP) is 3.14. The van der Waals surface area contributed by atoms with Gasteiger partial charge in [0.05, 0.1) is 24.8 Å². The van der Waals surface area contributed by atoms with Crippen molar-refractivity contribution in [3.8, 4) is 11.5 Å². The number of phenolic OH excluding ortho intramolecular Hbond substituents is 1. The quantitative estimate of drug-likeness (QED) is 0.432. The fourth-order valence-electron chi connectivity index (χ4n) is 4.05. The summed E-state index contributed by atoms with van der Waals surface area (Å²) in [6.45, 7) is 0.764. The average molecular weight is 427 g/mol. The summed E-state index contributed by atoms with van der Waals surface area (Å²) < 4.78 is 24.2. The second-order valence-electron chi connectivity index (χ2n) is 7.52. The Balaban J connectivity index is 1.85. The lowest BCUT2D eigenvalue weighted by Crippen LogP contribution is -2.36. The third kappa shape index (κ3) is 3.86. The third-order valence-electron chi connectivity index (χ3n) is 5.60. The van der Waals surface area contributed by atoms with Crippen molar-refractivity contribution in [3.63, 3.8) is 0 Å². The smallest absolute Gasteiger partial charge is 0.295 e. The number of aliphatic hydroxyl groups excluding tert-OH is 1. The molecule has 8 heteroatoms. The lowest BCUT2D eigenvalue weighted by atomic mass is 9.95. The van der Waals surface area contributed by atoms with Gasteiger partial charge in [0.2, 0.25) is 0 Å². The number of ketones is 1. The fourth-order valence-corrected chi connectivity index (χ4v) is 4.05. The summed E-state index contributed by atoms with van der Waals surface area (Å²) in [6.07, 6.45) is 1.40. The number of hydrogen-bond donors (Lipinski definition) is 2. The first-order valence-electron chi connectivity index (χ1n) is 9.93. The van der Waals surface area contributed by atoms with Crippen LogP contribution in [0.2, 0.25) is 0 Å². The number of rotatable bonds is 5. The van der Waals surface area contributed by atoms with Gasteiger partial charge in [-0.2, -0.15) is 0 Å². The molecule has 2 fully saturated rings. The number of aliphatic hydroxyl groups is 1. The molecule has 0 bridgehead atoms. The Morgan fingerprint density at radius 2 is 1.97 bits per heavy atom. The van der Waals surface area contributed by atoms with Crippen molar-refractivity contribution in [2.24, 2.45) is 0 Å². The van der Waals surface area contributed by atoms with E-state index in [-0.39, 0.29) is 35.3 Å². The number of nitrogens with zero attached hydrogens (tertiary/aromatic N) is 1. The van der Waals surface area contributed by atoms with Crippen LogP contribution in [0.25, 0.3) is 5.76 Å². The van der Waals surface area contributed by atoms with Crippen LogP contribution in [-0.2, 0) is 14.3 Å². The molecule has 0 aromatic heterocycles. The Morgan fingerprint density at radius 3 is 2.61 bits per heavy atom. The summed E-state index contributed by atoms with van der Waals surface area (Å²) in [4.78, 5) is 27.3. The van der Waals surface area contributed by atoms with Crippen molar-refractivity contribution in [1.82, 2.24) is 4.90 Å². The topological polar surface area (TPSA) is 96.3 Å². The van der Waals surface area contributed by atoms with Gasteiger partial charge in [-0.25, -0.2) is 4.39 Å². The lowest BCUT2D eigenvalue weighted by Gasteiger charge is -2.27. The zero-order valence-electron chi connectivity index (χ0n) is 16.9. The molecule has 0 unspecified atom stereocenters. The zero-order valence-corrected chi connectivity index (χ0v) is 16.9. The predicted molar refractivity (Wildman–Crippen MR) is 109 cm³/mol. The van der Waals surface area contributed by atoms with Gasteiger partial charge in [0, 0.05) is 18.7 Å². The largest absolute Gasteiger partial charge is 0.507 e. The van der Waals surface area contributed by atoms with Crippen molar-refractivity contribution in [2.45, 2.75) is 25.0 Å². The van der Waals surface area contributed by atoms with Crippen molar-refractivity contribution < 1.29 is 33.7 Å². The number of carbonyl (C=O) groups excluding carboxylic acids is 2. The number of halogens is 1. The van der Waals surface area contributed by atoms with Crippen LogP contribution in [0.4, 0.5) is 4.39 Å².